The molecule has 0 radical (unpaired) electrons. The zero-order chi connectivity index (χ0) is 18.8. The lowest BCUT2D eigenvalue weighted by Gasteiger charge is -2.12. The van der Waals surface area contributed by atoms with Crippen LogP contribution in [0.25, 0.3) is 33.1 Å². The first-order valence-electron chi connectivity index (χ1n) is 8.51. The van der Waals surface area contributed by atoms with Gasteiger partial charge in [-0.1, -0.05) is 32.2 Å². The molecule has 0 aliphatic carbocycles. The number of hydrogen-bond acceptors (Lipinski definition) is 4. The molecule has 2 atom stereocenters. The highest BCUT2D eigenvalue weighted by Gasteiger charge is 2.16. The van der Waals surface area contributed by atoms with Crippen LogP contribution in [-0.4, -0.2) is 29.7 Å². The Labute approximate surface area is 152 Å². The van der Waals surface area contributed by atoms with Gasteiger partial charge in [-0.15, -0.1) is 0 Å². The number of carbonyl (C=O) groups excluding carboxylic acids is 1. The van der Waals surface area contributed by atoms with Gasteiger partial charge < -0.3 is 19.4 Å². The maximum Gasteiger partial charge on any atom is 0.135 e. The van der Waals surface area contributed by atoms with E-state index in [1.54, 1.807) is 0 Å². The summed E-state index contributed by atoms with van der Waals surface area (Å²) >= 11 is 0. The van der Waals surface area contributed by atoms with Crippen molar-refractivity contribution >= 4 is 39.4 Å². The Balaban J connectivity index is 2.12. The third-order valence-corrected chi connectivity index (χ3v) is 4.89. The Morgan fingerprint density at radius 3 is 2.00 bits per heavy atom. The Kier molecular flexibility index (Phi) is 5.07. The molecule has 1 aromatic heterocycles. The highest BCUT2D eigenvalue weighted by molar-refractivity contribution is 6.07. The van der Waals surface area contributed by atoms with Gasteiger partial charge in [0.25, 0.3) is 0 Å². The van der Waals surface area contributed by atoms with Gasteiger partial charge >= 0.3 is 0 Å². The normalized spacial score (nSPS) is 13.7. The number of carbonyl (C=O) groups is 1. The summed E-state index contributed by atoms with van der Waals surface area (Å²) in [7, 11) is 0. The predicted octanol–water partition coefficient (Wildman–Crippen LogP) is 4.05. The van der Waals surface area contributed by atoms with Gasteiger partial charge in [-0.3, -0.25) is 0 Å². The van der Waals surface area contributed by atoms with E-state index < -0.39 is 5.92 Å². The van der Waals surface area contributed by atoms with Gasteiger partial charge in [-0.25, -0.2) is 0 Å². The van der Waals surface area contributed by atoms with Gasteiger partial charge in [-0.2, -0.15) is 0 Å². The molecule has 3 rings (SSSR count). The van der Waals surface area contributed by atoms with E-state index >= 15 is 0 Å². The van der Waals surface area contributed by atoms with Crippen LogP contribution in [0.3, 0.4) is 0 Å². The number of rotatable bonds is 7. The minimum absolute atomic E-state index is 0.0288. The van der Waals surface area contributed by atoms with Crippen LogP contribution in [0.4, 0.5) is 0 Å². The van der Waals surface area contributed by atoms with Crippen LogP contribution in [0.1, 0.15) is 18.1 Å². The summed E-state index contributed by atoms with van der Waals surface area (Å²) in [6.45, 7) is 9.74. The van der Waals surface area contributed by atoms with Crippen LogP contribution >= 0.6 is 0 Å². The summed E-state index contributed by atoms with van der Waals surface area (Å²) in [5.74, 6) is -0.648. The van der Waals surface area contributed by atoms with E-state index in [1.807, 2.05) is 43.3 Å². The largest absolute Gasteiger partial charge is 0.456 e. The minimum atomic E-state index is -0.619. The summed E-state index contributed by atoms with van der Waals surface area (Å²) in [5, 5.41) is 20.5. The van der Waals surface area contributed by atoms with E-state index in [2.05, 4.69) is 13.2 Å². The van der Waals surface area contributed by atoms with E-state index in [-0.39, 0.29) is 19.1 Å². The van der Waals surface area contributed by atoms with E-state index in [4.69, 9.17) is 4.42 Å². The first-order valence-corrected chi connectivity index (χ1v) is 8.51. The molecule has 0 spiro atoms. The molecule has 26 heavy (non-hydrogen) atoms. The minimum Gasteiger partial charge on any atom is -0.456 e. The molecule has 134 valence electrons. The van der Waals surface area contributed by atoms with Crippen molar-refractivity contribution < 1.29 is 19.4 Å². The number of aliphatic hydroxyl groups excluding tert-OH is 2. The molecule has 2 unspecified atom stereocenters. The van der Waals surface area contributed by atoms with Crippen LogP contribution in [-0.2, 0) is 4.79 Å². The molecule has 0 aliphatic heterocycles. The number of furan rings is 1. The molecule has 3 aromatic rings. The first-order chi connectivity index (χ1) is 12.5. The van der Waals surface area contributed by atoms with Gasteiger partial charge in [-0.05, 0) is 46.5 Å². The number of aliphatic hydroxyl groups is 2. The molecule has 0 amide bonds. The van der Waals surface area contributed by atoms with Crippen molar-refractivity contribution in [3.63, 3.8) is 0 Å². The van der Waals surface area contributed by atoms with Crippen LogP contribution in [0.5, 0.6) is 0 Å². The summed E-state index contributed by atoms with van der Waals surface area (Å²) in [4.78, 5) is 11.1. The average molecular weight is 350 g/mol. The van der Waals surface area contributed by atoms with Crippen molar-refractivity contribution in [2.45, 2.75) is 6.92 Å². The summed E-state index contributed by atoms with van der Waals surface area (Å²) < 4.78 is 5.89. The first kappa shape index (κ1) is 18.1. The Morgan fingerprint density at radius 1 is 1.00 bits per heavy atom. The SMILES string of the molecule is C=C(c1ccc2oc3ccc(C(=C)C(C=O)CO)cc3c2c1)C(C)CO. The molecule has 2 N–H and O–H groups in total. The zero-order valence-electron chi connectivity index (χ0n) is 14.7. The zero-order valence-corrected chi connectivity index (χ0v) is 14.7. The fourth-order valence-electron chi connectivity index (χ4n) is 3.02. The molecular weight excluding hydrogens is 328 g/mol. The van der Waals surface area contributed by atoms with Gasteiger partial charge in [0.05, 0.1) is 12.5 Å². The van der Waals surface area contributed by atoms with Crippen molar-refractivity contribution in [1.82, 2.24) is 0 Å². The van der Waals surface area contributed by atoms with E-state index in [1.165, 1.54) is 0 Å². The number of fused-ring (bicyclic) bond motifs is 3. The van der Waals surface area contributed by atoms with Gasteiger partial charge in [0.1, 0.15) is 17.5 Å². The second kappa shape index (κ2) is 7.28. The second-order valence-electron chi connectivity index (χ2n) is 6.58. The van der Waals surface area contributed by atoms with Gasteiger partial charge in [0, 0.05) is 23.3 Å². The molecule has 0 fully saturated rings. The molecular formula is C22H22O4. The van der Waals surface area contributed by atoms with Crippen molar-refractivity contribution in [1.29, 1.82) is 0 Å². The predicted molar refractivity (Wildman–Crippen MR) is 105 cm³/mol. The standard InChI is InChI=1S/C22H22O4/c1-13(10-23)14(2)16-4-6-21-19(8-16)20-9-17(5-7-22(20)26-21)15(3)18(11-24)12-25/h4-9,11,13,18,23,25H,2-3,10,12H2,1H3. The molecule has 0 aliphatic rings. The Hall–Kier alpha value is -2.69. The van der Waals surface area contributed by atoms with Crippen LogP contribution in [0.15, 0.2) is 54.0 Å². The summed E-state index contributed by atoms with van der Waals surface area (Å²) in [5.41, 5.74) is 4.68. The lowest BCUT2D eigenvalue weighted by atomic mass is 9.93. The number of benzene rings is 2. The summed E-state index contributed by atoms with van der Waals surface area (Å²) in [6, 6.07) is 11.5. The Bertz CT molecular complexity index is 996. The highest BCUT2D eigenvalue weighted by atomic mass is 16.3. The second-order valence-corrected chi connectivity index (χ2v) is 6.58. The lowest BCUT2D eigenvalue weighted by molar-refractivity contribution is -0.110. The maximum absolute atomic E-state index is 11.1. The molecule has 0 bridgehead atoms. The number of aldehydes is 1. The fraction of sp³-hybridized carbons (Fsp3) is 0.227. The molecule has 0 saturated heterocycles. The van der Waals surface area contributed by atoms with Crippen molar-refractivity contribution in [2.24, 2.45) is 11.8 Å². The van der Waals surface area contributed by atoms with Gasteiger partial charge in [0.15, 0.2) is 0 Å². The van der Waals surface area contributed by atoms with Crippen molar-refractivity contribution in [3.8, 4) is 0 Å². The maximum atomic E-state index is 11.1. The topological polar surface area (TPSA) is 70.7 Å². The van der Waals surface area contributed by atoms with E-state index in [0.29, 0.717) is 11.9 Å². The van der Waals surface area contributed by atoms with E-state index in [9.17, 15) is 15.0 Å². The smallest absolute Gasteiger partial charge is 0.135 e. The van der Waals surface area contributed by atoms with Gasteiger partial charge in [0.2, 0.25) is 0 Å². The quantitative estimate of drug-likeness (QED) is 0.631. The third-order valence-electron chi connectivity index (χ3n) is 4.89. The lowest BCUT2D eigenvalue weighted by Crippen LogP contribution is -2.09. The Morgan fingerprint density at radius 2 is 1.54 bits per heavy atom. The van der Waals surface area contributed by atoms with Crippen molar-refractivity contribution in [3.05, 3.63) is 60.7 Å². The summed E-state index contributed by atoms with van der Waals surface area (Å²) in [6.07, 6.45) is 0.707. The molecule has 2 aromatic carbocycles. The third kappa shape index (κ3) is 3.09. The molecule has 4 heteroatoms. The number of hydrogen-bond donors (Lipinski definition) is 2. The average Bonchev–Trinajstić information content (AvgIpc) is 3.04. The van der Waals surface area contributed by atoms with Crippen LogP contribution in [0.2, 0.25) is 0 Å². The van der Waals surface area contributed by atoms with Crippen LogP contribution in [0, 0.1) is 11.8 Å². The van der Waals surface area contributed by atoms with Crippen LogP contribution < -0.4 is 0 Å². The molecule has 1 heterocycles. The van der Waals surface area contributed by atoms with Crippen molar-refractivity contribution in [2.75, 3.05) is 13.2 Å². The molecule has 4 nitrogen and oxygen atoms in total. The highest BCUT2D eigenvalue weighted by Crippen LogP contribution is 2.34. The fourth-order valence-corrected chi connectivity index (χ4v) is 3.02. The van der Waals surface area contributed by atoms with E-state index in [0.717, 1.165) is 38.6 Å². The monoisotopic (exact) mass is 350 g/mol. The molecule has 0 saturated carbocycles.